The predicted octanol–water partition coefficient (Wildman–Crippen LogP) is 5.17. The van der Waals surface area contributed by atoms with Crippen molar-refractivity contribution < 1.29 is 4.74 Å². The van der Waals surface area contributed by atoms with Crippen molar-refractivity contribution in [2.45, 2.75) is 13.8 Å². The molecule has 0 saturated heterocycles. The first-order valence-electron chi connectivity index (χ1n) is 6.86. The summed E-state index contributed by atoms with van der Waals surface area (Å²) in [4.78, 5) is 4.31. The number of amidine groups is 1. The predicted molar refractivity (Wildman–Crippen MR) is 96.8 cm³/mol. The van der Waals surface area contributed by atoms with E-state index in [1.807, 2.05) is 37.6 Å². The molecular weight excluding hydrogens is 330 g/mol. The normalized spacial score (nSPS) is 11.0. The third-order valence-corrected chi connectivity index (χ3v) is 4.08. The zero-order valence-corrected chi connectivity index (χ0v) is 14.6. The molecule has 0 heterocycles. The number of hydrogen-bond acceptors (Lipinski definition) is 4. The van der Waals surface area contributed by atoms with Gasteiger partial charge < -0.3 is 4.74 Å². The number of aliphatic imine (C=N–C) groups is 1. The highest BCUT2D eigenvalue weighted by atomic mass is 35.5. The fraction of sp³-hybridized carbons (Fsp3) is 0.176. The molecule has 2 aromatic carbocycles. The van der Waals surface area contributed by atoms with Crippen molar-refractivity contribution in [3.8, 4) is 17.7 Å². The van der Waals surface area contributed by atoms with Crippen molar-refractivity contribution in [2.24, 2.45) is 4.99 Å². The van der Waals surface area contributed by atoms with Gasteiger partial charge in [-0.1, -0.05) is 29.4 Å². The van der Waals surface area contributed by atoms with Gasteiger partial charge >= 0.3 is 0 Å². The van der Waals surface area contributed by atoms with Crippen molar-refractivity contribution >= 4 is 34.2 Å². The number of benzene rings is 2. The van der Waals surface area contributed by atoms with E-state index in [1.165, 1.54) is 17.3 Å². The van der Waals surface area contributed by atoms with Crippen molar-refractivity contribution in [3.63, 3.8) is 0 Å². The van der Waals surface area contributed by atoms with Gasteiger partial charge in [-0.3, -0.25) is 5.32 Å². The molecule has 0 bridgehead atoms. The van der Waals surface area contributed by atoms with Crippen LogP contribution >= 0.6 is 23.4 Å². The highest BCUT2D eigenvalue weighted by Gasteiger charge is 2.06. The van der Waals surface area contributed by atoms with E-state index in [4.69, 9.17) is 21.6 Å². The number of nitrogens with zero attached hydrogens (tertiary/aromatic N) is 2. The van der Waals surface area contributed by atoms with Crippen LogP contribution in [0.2, 0.25) is 5.02 Å². The van der Waals surface area contributed by atoms with E-state index in [1.54, 1.807) is 18.2 Å². The summed E-state index contributed by atoms with van der Waals surface area (Å²) in [6.45, 7) is 4.09. The molecule has 23 heavy (non-hydrogen) atoms. The molecule has 0 radical (unpaired) electrons. The number of halogens is 1. The second kappa shape index (κ2) is 7.91. The van der Waals surface area contributed by atoms with Crippen LogP contribution in [0.15, 0.2) is 41.4 Å². The van der Waals surface area contributed by atoms with E-state index in [0.29, 0.717) is 21.6 Å². The monoisotopic (exact) mass is 345 g/mol. The number of nitriles is 1. The Morgan fingerprint density at radius 1 is 1.22 bits per heavy atom. The minimum Gasteiger partial charge on any atom is -0.456 e. The Morgan fingerprint density at radius 3 is 2.61 bits per heavy atom. The van der Waals surface area contributed by atoms with E-state index in [9.17, 15) is 0 Å². The zero-order chi connectivity index (χ0) is 16.8. The number of ether oxygens (including phenoxy) is 1. The molecule has 0 aliphatic heterocycles. The lowest BCUT2D eigenvalue weighted by atomic mass is 10.1. The summed E-state index contributed by atoms with van der Waals surface area (Å²) in [5.41, 5.74) is 3.02. The Morgan fingerprint density at radius 2 is 2.00 bits per heavy atom. The fourth-order valence-electron chi connectivity index (χ4n) is 1.84. The molecule has 4 nitrogen and oxygen atoms in total. The van der Waals surface area contributed by atoms with Crippen LogP contribution in [0.25, 0.3) is 0 Å². The zero-order valence-electron chi connectivity index (χ0n) is 13.1. The minimum absolute atomic E-state index is 0.460. The second-order valence-electron chi connectivity index (χ2n) is 4.82. The van der Waals surface area contributed by atoms with Gasteiger partial charge in [-0.05, 0) is 61.6 Å². The summed E-state index contributed by atoms with van der Waals surface area (Å²) in [6, 6.07) is 11.1. The SMILES string of the molecule is CSC(=Nc1ccc(Oc2ccc(C)c(C)c2)c(Cl)c1)NC#N. The Labute approximate surface area is 145 Å². The summed E-state index contributed by atoms with van der Waals surface area (Å²) < 4.78 is 5.83. The molecule has 6 heteroatoms. The molecule has 0 fully saturated rings. The van der Waals surface area contributed by atoms with Gasteiger partial charge in [0.1, 0.15) is 11.5 Å². The molecule has 2 aromatic rings. The molecule has 2 rings (SSSR count). The number of thioether (sulfide) groups is 1. The quantitative estimate of drug-likeness (QED) is 0.361. The van der Waals surface area contributed by atoms with Crippen molar-refractivity contribution in [1.82, 2.24) is 5.32 Å². The molecule has 0 atom stereocenters. The van der Waals surface area contributed by atoms with Gasteiger partial charge in [-0.25, -0.2) is 4.99 Å². The van der Waals surface area contributed by atoms with Crippen molar-refractivity contribution in [2.75, 3.05) is 6.26 Å². The lowest BCUT2D eigenvalue weighted by Crippen LogP contribution is -2.12. The van der Waals surface area contributed by atoms with Crippen molar-refractivity contribution in [3.05, 3.63) is 52.5 Å². The number of hydrogen-bond donors (Lipinski definition) is 1. The first-order chi connectivity index (χ1) is 11.0. The van der Waals surface area contributed by atoms with Gasteiger partial charge in [0.15, 0.2) is 11.4 Å². The smallest absolute Gasteiger partial charge is 0.183 e. The van der Waals surface area contributed by atoms with Gasteiger partial charge in [-0.15, -0.1) is 0 Å². The summed E-state index contributed by atoms with van der Waals surface area (Å²) in [5, 5.41) is 12.1. The molecule has 0 aliphatic carbocycles. The first-order valence-corrected chi connectivity index (χ1v) is 8.46. The van der Waals surface area contributed by atoms with Gasteiger partial charge in [0, 0.05) is 0 Å². The lowest BCUT2D eigenvalue weighted by molar-refractivity contribution is 0.482. The summed E-state index contributed by atoms with van der Waals surface area (Å²) in [7, 11) is 0. The van der Waals surface area contributed by atoms with Crippen LogP contribution < -0.4 is 10.1 Å². The van der Waals surface area contributed by atoms with E-state index in [2.05, 4.69) is 17.2 Å². The van der Waals surface area contributed by atoms with E-state index in [0.717, 1.165) is 11.3 Å². The largest absolute Gasteiger partial charge is 0.456 e. The first kappa shape index (κ1) is 17.2. The highest BCUT2D eigenvalue weighted by molar-refractivity contribution is 8.13. The average molecular weight is 346 g/mol. The number of aryl methyl sites for hydroxylation is 2. The summed E-state index contributed by atoms with van der Waals surface area (Å²) in [6.07, 6.45) is 3.68. The van der Waals surface area contributed by atoms with Gasteiger partial charge in [0.25, 0.3) is 0 Å². The molecule has 0 unspecified atom stereocenters. The molecule has 0 aliphatic rings. The Balaban J connectivity index is 2.22. The Kier molecular flexibility index (Phi) is 5.91. The minimum atomic E-state index is 0.460. The lowest BCUT2D eigenvalue weighted by Gasteiger charge is -2.10. The maximum atomic E-state index is 8.65. The molecule has 0 spiro atoms. The van der Waals surface area contributed by atoms with Crippen LogP contribution in [0.1, 0.15) is 11.1 Å². The molecule has 0 amide bonds. The Bertz CT molecular complexity index is 784. The van der Waals surface area contributed by atoms with Crippen LogP contribution in [-0.4, -0.2) is 11.4 Å². The number of rotatable bonds is 3. The van der Waals surface area contributed by atoms with Crippen LogP contribution in [0.3, 0.4) is 0 Å². The summed E-state index contributed by atoms with van der Waals surface area (Å²) >= 11 is 7.61. The highest BCUT2D eigenvalue weighted by Crippen LogP contribution is 2.33. The van der Waals surface area contributed by atoms with E-state index in [-0.39, 0.29) is 0 Å². The maximum Gasteiger partial charge on any atom is 0.183 e. The topological polar surface area (TPSA) is 57.4 Å². The third kappa shape index (κ3) is 4.65. The second-order valence-corrected chi connectivity index (χ2v) is 6.02. The number of nitrogens with one attached hydrogen (secondary N) is 1. The van der Waals surface area contributed by atoms with Gasteiger partial charge in [0.05, 0.1) is 10.7 Å². The van der Waals surface area contributed by atoms with Crippen LogP contribution in [0.4, 0.5) is 5.69 Å². The molecule has 0 aromatic heterocycles. The summed E-state index contributed by atoms with van der Waals surface area (Å²) in [5.74, 6) is 1.30. The maximum absolute atomic E-state index is 8.65. The van der Waals surface area contributed by atoms with Gasteiger partial charge in [-0.2, -0.15) is 5.26 Å². The Hall–Kier alpha value is -2.16. The van der Waals surface area contributed by atoms with Crippen LogP contribution in [0, 0.1) is 25.3 Å². The molecule has 0 saturated carbocycles. The third-order valence-electron chi connectivity index (χ3n) is 3.21. The van der Waals surface area contributed by atoms with Crippen LogP contribution in [-0.2, 0) is 0 Å². The van der Waals surface area contributed by atoms with Crippen LogP contribution in [0.5, 0.6) is 11.5 Å². The van der Waals surface area contributed by atoms with E-state index < -0.39 is 0 Å². The molecule has 118 valence electrons. The molecule has 1 N–H and O–H groups in total. The standard InChI is InChI=1S/C17H16ClN3OS/c1-11-4-6-14(8-12(11)2)22-16-7-5-13(9-15(16)18)21-17(23-3)20-10-19/h4-9H,1-3H3,(H,20,21). The van der Waals surface area contributed by atoms with E-state index >= 15 is 0 Å². The molecular formula is C17H16ClN3OS. The van der Waals surface area contributed by atoms with Crippen molar-refractivity contribution in [1.29, 1.82) is 5.26 Å². The fourth-order valence-corrected chi connectivity index (χ4v) is 2.39. The average Bonchev–Trinajstić information content (AvgIpc) is 2.53. The van der Waals surface area contributed by atoms with Gasteiger partial charge in [0.2, 0.25) is 0 Å².